The second-order valence-corrected chi connectivity index (χ2v) is 7.38. The van der Waals surface area contributed by atoms with Gasteiger partial charge >= 0.3 is 0 Å². The Bertz CT molecular complexity index is 952. The lowest BCUT2D eigenvalue weighted by molar-refractivity contribution is 0.225. The van der Waals surface area contributed by atoms with Crippen molar-refractivity contribution in [3.8, 4) is 5.75 Å². The third-order valence-corrected chi connectivity index (χ3v) is 5.42. The highest BCUT2D eigenvalue weighted by molar-refractivity contribution is 5.84. The van der Waals surface area contributed by atoms with Crippen LogP contribution in [-0.4, -0.2) is 24.7 Å². The zero-order chi connectivity index (χ0) is 19.9. The Morgan fingerprint density at radius 2 is 2.24 bits per heavy atom. The standard InChI is InChI=1S/C24H28N2O3/c1-27-20-9-10-22-21(15-20)19(16-26-22)8-5-11-25-23(24-17-28-12-13-29-24)14-18-6-3-2-4-7-18/h2-3,6,9-10,12-13,15-17,23,25-26H,4-5,7-8,11,14H2,1H3. The lowest BCUT2D eigenvalue weighted by atomic mass is 9.97. The largest absolute Gasteiger partial charge is 0.497 e. The van der Waals surface area contributed by atoms with E-state index in [1.165, 1.54) is 16.5 Å². The van der Waals surface area contributed by atoms with E-state index in [4.69, 9.17) is 14.2 Å². The quantitative estimate of drug-likeness (QED) is 0.584. The number of allylic oxidation sites excluding steroid dienone is 3. The first-order chi connectivity index (χ1) is 14.3. The van der Waals surface area contributed by atoms with Crippen molar-refractivity contribution in [2.24, 2.45) is 0 Å². The lowest BCUT2D eigenvalue weighted by Crippen LogP contribution is -2.33. The molecule has 0 fully saturated rings. The van der Waals surface area contributed by atoms with Crippen molar-refractivity contribution < 1.29 is 14.2 Å². The summed E-state index contributed by atoms with van der Waals surface area (Å²) in [4.78, 5) is 3.35. The van der Waals surface area contributed by atoms with Crippen LogP contribution in [0.5, 0.6) is 5.75 Å². The minimum atomic E-state index is 0.112. The van der Waals surface area contributed by atoms with E-state index in [1.807, 2.05) is 6.07 Å². The first kappa shape index (κ1) is 19.4. The molecule has 2 aliphatic rings. The number of fused-ring (bicyclic) bond motifs is 1. The molecule has 1 atom stereocenters. The maximum absolute atomic E-state index is 5.70. The second kappa shape index (κ2) is 9.52. The highest BCUT2D eigenvalue weighted by Gasteiger charge is 2.19. The van der Waals surface area contributed by atoms with E-state index in [0.717, 1.165) is 55.7 Å². The summed E-state index contributed by atoms with van der Waals surface area (Å²) >= 11 is 0. The summed E-state index contributed by atoms with van der Waals surface area (Å²) < 4.78 is 16.4. The maximum atomic E-state index is 5.70. The summed E-state index contributed by atoms with van der Waals surface area (Å²) in [5, 5.41) is 4.90. The van der Waals surface area contributed by atoms with E-state index in [-0.39, 0.29) is 6.04 Å². The van der Waals surface area contributed by atoms with E-state index < -0.39 is 0 Å². The molecule has 152 valence electrons. The maximum Gasteiger partial charge on any atom is 0.155 e. The molecule has 0 saturated carbocycles. The van der Waals surface area contributed by atoms with Crippen LogP contribution in [0.2, 0.25) is 0 Å². The van der Waals surface area contributed by atoms with Gasteiger partial charge in [-0.15, -0.1) is 0 Å². The van der Waals surface area contributed by atoms with E-state index in [9.17, 15) is 0 Å². The van der Waals surface area contributed by atoms with Crippen LogP contribution in [-0.2, 0) is 15.9 Å². The van der Waals surface area contributed by atoms with Crippen LogP contribution in [0.25, 0.3) is 10.9 Å². The summed E-state index contributed by atoms with van der Waals surface area (Å²) in [6, 6.07) is 6.27. The van der Waals surface area contributed by atoms with Gasteiger partial charge in [0.1, 0.15) is 24.5 Å². The fourth-order valence-corrected chi connectivity index (χ4v) is 3.84. The predicted octanol–water partition coefficient (Wildman–Crippen LogP) is 5.09. The molecule has 1 aliphatic carbocycles. The smallest absolute Gasteiger partial charge is 0.155 e. The number of nitrogens with one attached hydrogen (secondary N) is 2. The topological polar surface area (TPSA) is 55.5 Å². The first-order valence-electron chi connectivity index (χ1n) is 10.2. The van der Waals surface area contributed by atoms with Gasteiger partial charge < -0.3 is 24.5 Å². The Morgan fingerprint density at radius 3 is 3.03 bits per heavy atom. The molecule has 1 aliphatic heterocycles. The lowest BCUT2D eigenvalue weighted by Gasteiger charge is -2.23. The highest BCUT2D eigenvalue weighted by atomic mass is 16.5. The van der Waals surface area contributed by atoms with Gasteiger partial charge in [0.15, 0.2) is 5.76 Å². The van der Waals surface area contributed by atoms with Gasteiger partial charge in [-0.1, -0.05) is 23.8 Å². The third kappa shape index (κ3) is 4.93. The number of benzene rings is 1. The zero-order valence-corrected chi connectivity index (χ0v) is 16.8. The van der Waals surface area contributed by atoms with Crippen LogP contribution in [0, 0.1) is 0 Å². The molecule has 0 amide bonds. The molecule has 5 nitrogen and oxygen atoms in total. The fraction of sp³-hybridized carbons (Fsp3) is 0.333. The van der Waals surface area contributed by atoms with Gasteiger partial charge in [-0.2, -0.15) is 0 Å². The molecule has 2 aromatic rings. The van der Waals surface area contributed by atoms with Crippen molar-refractivity contribution in [2.45, 2.75) is 38.1 Å². The summed E-state index contributed by atoms with van der Waals surface area (Å²) in [6.07, 6.45) is 18.7. The van der Waals surface area contributed by atoms with Crippen LogP contribution in [0.1, 0.15) is 31.2 Å². The molecule has 0 saturated heterocycles. The summed E-state index contributed by atoms with van der Waals surface area (Å²) in [6.45, 7) is 0.898. The van der Waals surface area contributed by atoms with E-state index in [2.05, 4.69) is 46.9 Å². The third-order valence-electron chi connectivity index (χ3n) is 5.42. The van der Waals surface area contributed by atoms with Crippen LogP contribution >= 0.6 is 0 Å². The normalized spacial score (nSPS) is 16.7. The van der Waals surface area contributed by atoms with Gasteiger partial charge in [-0.25, -0.2) is 0 Å². The van der Waals surface area contributed by atoms with Gasteiger partial charge in [0.05, 0.1) is 13.2 Å². The van der Waals surface area contributed by atoms with Gasteiger partial charge in [0.25, 0.3) is 0 Å². The number of hydrogen-bond donors (Lipinski definition) is 2. The summed E-state index contributed by atoms with van der Waals surface area (Å²) in [5.74, 6) is 1.72. The molecular weight excluding hydrogens is 364 g/mol. The number of aromatic amines is 1. The SMILES string of the molecule is COc1ccc2[nH]cc(CCCNC(CC3=CC=CCC3)C3=COC=CO3)c2c1. The summed E-state index contributed by atoms with van der Waals surface area (Å²) in [7, 11) is 1.70. The molecule has 29 heavy (non-hydrogen) atoms. The number of aromatic nitrogens is 1. The van der Waals surface area contributed by atoms with Crippen molar-refractivity contribution >= 4 is 10.9 Å². The zero-order valence-electron chi connectivity index (χ0n) is 16.8. The van der Waals surface area contributed by atoms with Gasteiger partial charge in [0.2, 0.25) is 0 Å². The van der Waals surface area contributed by atoms with Crippen molar-refractivity contribution in [1.29, 1.82) is 0 Å². The van der Waals surface area contributed by atoms with Crippen molar-refractivity contribution in [3.63, 3.8) is 0 Å². The van der Waals surface area contributed by atoms with Gasteiger partial charge in [0, 0.05) is 17.1 Å². The van der Waals surface area contributed by atoms with Crippen LogP contribution in [0.3, 0.4) is 0 Å². The van der Waals surface area contributed by atoms with Crippen LogP contribution < -0.4 is 10.1 Å². The Hall–Kier alpha value is -2.92. The minimum Gasteiger partial charge on any atom is -0.497 e. The summed E-state index contributed by atoms with van der Waals surface area (Å²) in [5.41, 5.74) is 3.90. The average molecular weight is 392 g/mol. The predicted molar refractivity (Wildman–Crippen MR) is 115 cm³/mol. The van der Waals surface area contributed by atoms with Gasteiger partial charge in [-0.3, -0.25) is 0 Å². The molecule has 1 aromatic carbocycles. The molecule has 2 N–H and O–H groups in total. The monoisotopic (exact) mass is 392 g/mol. The Morgan fingerprint density at radius 1 is 1.28 bits per heavy atom. The number of methoxy groups -OCH3 is 1. The number of H-pyrrole nitrogens is 1. The molecule has 5 heteroatoms. The number of hydrogen-bond acceptors (Lipinski definition) is 4. The number of ether oxygens (including phenoxy) is 3. The minimum absolute atomic E-state index is 0.112. The molecule has 2 heterocycles. The van der Waals surface area contributed by atoms with Crippen molar-refractivity contribution in [2.75, 3.05) is 13.7 Å². The van der Waals surface area contributed by atoms with E-state index in [0.29, 0.717) is 0 Å². The first-order valence-corrected chi connectivity index (χ1v) is 10.2. The van der Waals surface area contributed by atoms with E-state index >= 15 is 0 Å². The molecule has 1 unspecified atom stereocenters. The molecule has 0 spiro atoms. The molecule has 0 bridgehead atoms. The molecule has 0 radical (unpaired) electrons. The van der Waals surface area contributed by atoms with Crippen LogP contribution in [0.15, 0.2) is 72.7 Å². The number of rotatable bonds is 9. The van der Waals surface area contributed by atoms with E-state index in [1.54, 1.807) is 25.9 Å². The van der Waals surface area contributed by atoms with Crippen molar-refractivity contribution in [3.05, 3.63) is 78.3 Å². The second-order valence-electron chi connectivity index (χ2n) is 7.38. The van der Waals surface area contributed by atoms with Crippen LogP contribution in [0.4, 0.5) is 0 Å². The van der Waals surface area contributed by atoms with Crippen molar-refractivity contribution in [1.82, 2.24) is 10.3 Å². The molecular formula is C24H28N2O3. The Balaban J connectivity index is 1.35. The Labute approximate surface area is 171 Å². The number of aryl methyl sites for hydroxylation is 1. The fourth-order valence-electron chi connectivity index (χ4n) is 3.84. The average Bonchev–Trinajstić information content (AvgIpc) is 3.19. The van der Waals surface area contributed by atoms with Gasteiger partial charge in [-0.05, 0) is 62.4 Å². The highest BCUT2D eigenvalue weighted by Crippen LogP contribution is 2.25. The molecule has 4 rings (SSSR count). The molecule has 1 aromatic heterocycles. The Kier molecular flexibility index (Phi) is 6.37.